The Labute approximate surface area is 170 Å². The minimum absolute atomic E-state index is 0.197. The molecule has 0 aliphatic heterocycles. The molecule has 29 heavy (non-hydrogen) atoms. The number of hydrogen-bond donors (Lipinski definition) is 2. The molecule has 0 saturated carbocycles. The molecule has 8 heteroatoms. The van der Waals surface area contributed by atoms with E-state index in [1.807, 2.05) is 36.9 Å². The van der Waals surface area contributed by atoms with Gasteiger partial charge in [-0.15, -0.1) is 0 Å². The van der Waals surface area contributed by atoms with E-state index in [9.17, 15) is 4.79 Å². The van der Waals surface area contributed by atoms with Gasteiger partial charge >= 0.3 is 0 Å². The molecule has 0 unspecified atom stereocenters. The molecular formula is C21H28N6O2. The Hall–Kier alpha value is -3.13. The molecule has 8 nitrogen and oxygen atoms in total. The van der Waals surface area contributed by atoms with Crippen molar-refractivity contribution in [1.29, 1.82) is 0 Å². The fraction of sp³-hybridized carbons (Fsp3) is 0.381. The maximum absolute atomic E-state index is 12.8. The van der Waals surface area contributed by atoms with E-state index >= 15 is 0 Å². The number of rotatable bonds is 6. The smallest absolute Gasteiger partial charge is 0.276 e. The molecule has 0 fully saturated rings. The van der Waals surface area contributed by atoms with Gasteiger partial charge in [0.05, 0.1) is 11.2 Å². The first-order valence-electron chi connectivity index (χ1n) is 9.54. The number of anilines is 1. The third kappa shape index (κ3) is 4.48. The summed E-state index contributed by atoms with van der Waals surface area (Å²) in [5.41, 5.74) is 9.04. The third-order valence-electron chi connectivity index (χ3n) is 4.47. The summed E-state index contributed by atoms with van der Waals surface area (Å²) in [5, 5.41) is 11.6. The van der Waals surface area contributed by atoms with Gasteiger partial charge in [-0.2, -0.15) is 10.2 Å². The average molecular weight is 396 g/mol. The van der Waals surface area contributed by atoms with Crippen LogP contribution in [-0.4, -0.2) is 38.6 Å². The largest absolute Gasteiger partial charge is 0.492 e. The van der Waals surface area contributed by atoms with Gasteiger partial charge in [-0.05, 0) is 58.0 Å². The fourth-order valence-corrected chi connectivity index (χ4v) is 3.20. The minimum atomic E-state index is -0.261. The molecule has 2 aromatic heterocycles. The molecule has 1 amide bonds. The van der Waals surface area contributed by atoms with Crippen molar-refractivity contribution in [2.24, 2.45) is 12.8 Å². The predicted molar refractivity (Wildman–Crippen MR) is 113 cm³/mol. The molecule has 0 spiro atoms. The Balaban J connectivity index is 1.90. The number of aryl methyl sites for hydroxylation is 2. The van der Waals surface area contributed by atoms with Crippen LogP contribution < -0.4 is 15.8 Å². The highest BCUT2D eigenvalue weighted by Gasteiger charge is 2.21. The van der Waals surface area contributed by atoms with Crippen LogP contribution in [0, 0.1) is 6.92 Å². The highest BCUT2D eigenvalue weighted by Crippen LogP contribution is 2.32. The maximum Gasteiger partial charge on any atom is 0.276 e. The van der Waals surface area contributed by atoms with E-state index in [0.29, 0.717) is 30.3 Å². The van der Waals surface area contributed by atoms with E-state index in [-0.39, 0.29) is 11.4 Å². The Kier molecular flexibility index (Phi) is 5.74. The van der Waals surface area contributed by atoms with Crippen molar-refractivity contribution in [3.63, 3.8) is 0 Å². The van der Waals surface area contributed by atoms with E-state index < -0.39 is 0 Å². The lowest BCUT2D eigenvalue weighted by Crippen LogP contribution is -2.25. The Morgan fingerprint density at radius 2 is 2.00 bits per heavy atom. The summed E-state index contributed by atoms with van der Waals surface area (Å²) >= 11 is 0. The lowest BCUT2D eigenvalue weighted by atomic mass is 10.1. The highest BCUT2D eigenvalue weighted by atomic mass is 16.5. The summed E-state index contributed by atoms with van der Waals surface area (Å²) in [6, 6.07) is 9.18. The quantitative estimate of drug-likeness (QED) is 0.667. The SMILES string of the molecule is Cc1cc(C(=O)Nc2ccc(OCCN)c(-c3ccnn3C)c2)nn1C(C)(C)C. The van der Waals surface area contributed by atoms with Crippen molar-refractivity contribution in [2.45, 2.75) is 33.2 Å². The van der Waals surface area contributed by atoms with Crippen LogP contribution in [0.15, 0.2) is 36.5 Å². The average Bonchev–Trinajstić information content (AvgIpc) is 3.26. The van der Waals surface area contributed by atoms with Crippen LogP contribution >= 0.6 is 0 Å². The minimum Gasteiger partial charge on any atom is -0.492 e. The van der Waals surface area contributed by atoms with E-state index in [2.05, 4.69) is 36.3 Å². The van der Waals surface area contributed by atoms with Gasteiger partial charge in [-0.1, -0.05) is 0 Å². The van der Waals surface area contributed by atoms with Crippen LogP contribution in [0.5, 0.6) is 5.75 Å². The molecule has 0 aliphatic rings. The molecule has 3 aromatic rings. The molecule has 0 atom stereocenters. The molecule has 0 saturated heterocycles. The van der Waals surface area contributed by atoms with Gasteiger partial charge in [0.15, 0.2) is 5.69 Å². The van der Waals surface area contributed by atoms with Gasteiger partial charge in [-0.3, -0.25) is 14.2 Å². The number of ether oxygens (including phenoxy) is 1. The molecule has 3 rings (SSSR count). The summed E-state index contributed by atoms with van der Waals surface area (Å²) in [7, 11) is 1.86. The zero-order chi connectivity index (χ0) is 21.2. The second kappa shape index (κ2) is 8.08. The van der Waals surface area contributed by atoms with Crippen molar-refractivity contribution in [1.82, 2.24) is 19.6 Å². The summed E-state index contributed by atoms with van der Waals surface area (Å²) in [4.78, 5) is 12.8. The van der Waals surface area contributed by atoms with Gasteiger partial charge in [0.25, 0.3) is 5.91 Å². The second-order valence-corrected chi connectivity index (χ2v) is 7.90. The van der Waals surface area contributed by atoms with E-state index in [0.717, 1.165) is 17.0 Å². The van der Waals surface area contributed by atoms with Gasteiger partial charge in [-0.25, -0.2) is 0 Å². The lowest BCUT2D eigenvalue weighted by Gasteiger charge is -2.21. The number of carbonyl (C=O) groups excluding carboxylic acids is 1. The number of nitrogens with two attached hydrogens (primary N) is 1. The van der Waals surface area contributed by atoms with Gasteiger partial charge < -0.3 is 15.8 Å². The molecule has 0 bridgehead atoms. The van der Waals surface area contributed by atoms with Crippen LogP contribution in [0.2, 0.25) is 0 Å². The number of nitrogens with zero attached hydrogens (tertiary/aromatic N) is 4. The van der Waals surface area contributed by atoms with E-state index in [1.165, 1.54) is 0 Å². The second-order valence-electron chi connectivity index (χ2n) is 7.90. The Bertz CT molecular complexity index is 1010. The lowest BCUT2D eigenvalue weighted by molar-refractivity contribution is 0.102. The number of carbonyl (C=O) groups is 1. The zero-order valence-corrected chi connectivity index (χ0v) is 17.6. The summed E-state index contributed by atoms with van der Waals surface area (Å²) in [6.07, 6.45) is 1.72. The van der Waals surface area contributed by atoms with Crippen molar-refractivity contribution in [3.05, 3.63) is 47.9 Å². The van der Waals surface area contributed by atoms with Crippen molar-refractivity contribution < 1.29 is 9.53 Å². The number of hydrogen-bond acceptors (Lipinski definition) is 5. The number of amides is 1. The molecular weight excluding hydrogens is 368 g/mol. The van der Waals surface area contributed by atoms with E-state index in [1.54, 1.807) is 23.0 Å². The summed E-state index contributed by atoms with van der Waals surface area (Å²) in [6.45, 7) is 8.91. The zero-order valence-electron chi connectivity index (χ0n) is 17.6. The van der Waals surface area contributed by atoms with Crippen LogP contribution in [0.3, 0.4) is 0 Å². The first-order valence-corrected chi connectivity index (χ1v) is 9.54. The van der Waals surface area contributed by atoms with Gasteiger partial charge in [0.1, 0.15) is 12.4 Å². The number of benzene rings is 1. The van der Waals surface area contributed by atoms with Gasteiger partial charge in [0, 0.05) is 36.7 Å². The summed E-state index contributed by atoms with van der Waals surface area (Å²) in [5.74, 6) is 0.424. The molecule has 0 aliphatic carbocycles. The van der Waals surface area contributed by atoms with Gasteiger partial charge in [0.2, 0.25) is 0 Å². The fourth-order valence-electron chi connectivity index (χ4n) is 3.20. The van der Waals surface area contributed by atoms with Crippen LogP contribution in [0.1, 0.15) is 37.0 Å². The third-order valence-corrected chi connectivity index (χ3v) is 4.47. The normalized spacial score (nSPS) is 11.5. The van der Waals surface area contributed by atoms with Crippen LogP contribution in [-0.2, 0) is 12.6 Å². The maximum atomic E-state index is 12.8. The monoisotopic (exact) mass is 396 g/mol. The van der Waals surface area contributed by atoms with Crippen molar-refractivity contribution >= 4 is 11.6 Å². The van der Waals surface area contributed by atoms with Crippen molar-refractivity contribution in [3.8, 4) is 17.0 Å². The first-order chi connectivity index (χ1) is 13.7. The standard InChI is InChI=1S/C21H28N6O2/c1-14-12-17(25-27(14)21(2,3)4)20(28)24-15-6-7-19(29-11-9-22)16(13-15)18-8-10-23-26(18)5/h6-8,10,12-13H,9,11,22H2,1-5H3,(H,24,28). The molecule has 154 valence electrons. The molecule has 3 N–H and O–H groups in total. The van der Waals surface area contributed by atoms with Crippen LogP contribution in [0.4, 0.5) is 5.69 Å². The Morgan fingerprint density at radius 3 is 2.59 bits per heavy atom. The predicted octanol–water partition coefficient (Wildman–Crippen LogP) is 2.94. The summed E-state index contributed by atoms with van der Waals surface area (Å²) < 4.78 is 9.38. The molecule has 2 heterocycles. The molecule has 1 aromatic carbocycles. The highest BCUT2D eigenvalue weighted by molar-refractivity contribution is 6.03. The Morgan fingerprint density at radius 1 is 1.24 bits per heavy atom. The van der Waals surface area contributed by atoms with E-state index in [4.69, 9.17) is 10.5 Å². The number of aromatic nitrogens is 4. The number of nitrogens with one attached hydrogen (secondary N) is 1. The van der Waals surface area contributed by atoms with Crippen LogP contribution in [0.25, 0.3) is 11.3 Å². The topological polar surface area (TPSA) is 100.0 Å². The first kappa shape index (κ1) is 20.6. The van der Waals surface area contributed by atoms with Crippen molar-refractivity contribution in [2.75, 3.05) is 18.5 Å². The molecule has 0 radical (unpaired) electrons.